The van der Waals surface area contributed by atoms with Gasteiger partial charge in [0, 0.05) is 16.3 Å². The molecule has 3 aromatic carbocycles. The van der Waals surface area contributed by atoms with Gasteiger partial charge in [-0.1, -0.05) is 11.6 Å². The highest BCUT2D eigenvalue weighted by molar-refractivity contribution is 6.30. The Morgan fingerprint density at radius 2 is 1.59 bits per heavy atom. The summed E-state index contributed by atoms with van der Waals surface area (Å²) in [5.74, 6) is -1.56. The molecular formula is C25H21ClFNO6. The van der Waals surface area contributed by atoms with E-state index in [4.69, 9.17) is 25.8 Å². The van der Waals surface area contributed by atoms with Gasteiger partial charge in [-0.15, -0.1) is 0 Å². The lowest BCUT2D eigenvalue weighted by Crippen LogP contribution is -2.24. The van der Waals surface area contributed by atoms with Gasteiger partial charge in [-0.2, -0.15) is 0 Å². The first kappa shape index (κ1) is 24.7. The third kappa shape index (κ3) is 6.55. The molecule has 0 aliphatic heterocycles. The van der Waals surface area contributed by atoms with Crippen molar-refractivity contribution in [3.8, 4) is 11.5 Å². The van der Waals surface area contributed by atoms with Gasteiger partial charge < -0.3 is 19.5 Å². The van der Waals surface area contributed by atoms with Crippen molar-refractivity contribution in [1.29, 1.82) is 0 Å². The summed E-state index contributed by atoms with van der Waals surface area (Å²) >= 11 is 5.83. The van der Waals surface area contributed by atoms with Gasteiger partial charge in [0.05, 0.1) is 12.7 Å². The molecule has 0 radical (unpaired) electrons. The SMILES string of the molecule is COc1cc(C(=O)O[C@@H](C)C(=O)c2ccc(Cl)cc2)ccc1OCC(=O)Nc1ccc(F)cc1. The molecule has 0 aliphatic rings. The molecule has 1 amide bonds. The lowest BCUT2D eigenvalue weighted by atomic mass is 10.1. The monoisotopic (exact) mass is 485 g/mol. The average Bonchev–Trinajstić information content (AvgIpc) is 2.84. The van der Waals surface area contributed by atoms with Crippen LogP contribution in [0.15, 0.2) is 66.7 Å². The van der Waals surface area contributed by atoms with Gasteiger partial charge in [0.1, 0.15) is 5.82 Å². The topological polar surface area (TPSA) is 90.9 Å². The molecule has 0 fully saturated rings. The molecule has 0 heterocycles. The van der Waals surface area contributed by atoms with Crippen LogP contribution in [-0.2, 0) is 9.53 Å². The number of carbonyl (C=O) groups is 3. The maximum Gasteiger partial charge on any atom is 0.338 e. The van der Waals surface area contributed by atoms with Gasteiger partial charge in [0.2, 0.25) is 5.78 Å². The van der Waals surface area contributed by atoms with E-state index >= 15 is 0 Å². The number of halogens is 2. The predicted octanol–water partition coefficient (Wildman–Crippen LogP) is 4.93. The first-order valence-electron chi connectivity index (χ1n) is 10.1. The van der Waals surface area contributed by atoms with Gasteiger partial charge >= 0.3 is 5.97 Å². The summed E-state index contributed by atoms with van der Waals surface area (Å²) in [6, 6.07) is 15.8. The van der Waals surface area contributed by atoms with Crippen LogP contribution in [0.4, 0.5) is 10.1 Å². The number of ether oxygens (including phenoxy) is 3. The van der Waals surface area contributed by atoms with E-state index < -0.39 is 23.8 Å². The van der Waals surface area contributed by atoms with E-state index in [2.05, 4.69) is 5.32 Å². The van der Waals surface area contributed by atoms with Crippen molar-refractivity contribution in [2.75, 3.05) is 19.0 Å². The molecule has 176 valence electrons. The first-order valence-corrected chi connectivity index (χ1v) is 10.5. The van der Waals surface area contributed by atoms with E-state index in [1.807, 2.05) is 0 Å². The third-order valence-electron chi connectivity index (χ3n) is 4.67. The smallest absolute Gasteiger partial charge is 0.338 e. The molecule has 1 atom stereocenters. The highest BCUT2D eigenvalue weighted by atomic mass is 35.5. The van der Waals surface area contributed by atoms with Crippen LogP contribution in [0.1, 0.15) is 27.6 Å². The molecule has 3 aromatic rings. The quantitative estimate of drug-likeness (QED) is 0.341. The zero-order valence-electron chi connectivity index (χ0n) is 18.3. The lowest BCUT2D eigenvalue weighted by Gasteiger charge is -2.14. The van der Waals surface area contributed by atoms with Gasteiger partial charge in [0.25, 0.3) is 5.91 Å². The molecule has 0 bridgehead atoms. The van der Waals surface area contributed by atoms with Crippen LogP contribution in [0, 0.1) is 5.82 Å². The third-order valence-corrected chi connectivity index (χ3v) is 4.92. The Morgan fingerprint density at radius 1 is 0.941 bits per heavy atom. The minimum Gasteiger partial charge on any atom is -0.493 e. The maximum absolute atomic E-state index is 13.0. The van der Waals surface area contributed by atoms with Crippen LogP contribution in [-0.4, -0.2) is 37.5 Å². The van der Waals surface area contributed by atoms with Crippen molar-refractivity contribution in [3.05, 3.63) is 88.7 Å². The van der Waals surface area contributed by atoms with Crippen molar-refractivity contribution in [3.63, 3.8) is 0 Å². The molecule has 7 nitrogen and oxygen atoms in total. The Morgan fingerprint density at radius 3 is 2.24 bits per heavy atom. The van der Waals surface area contributed by atoms with Crippen molar-refractivity contribution in [1.82, 2.24) is 0 Å². The molecule has 1 N–H and O–H groups in total. The number of nitrogens with one attached hydrogen (secondary N) is 1. The molecule has 0 aliphatic carbocycles. The Labute approximate surface area is 200 Å². The predicted molar refractivity (Wildman–Crippen MR) is 124 cm³/mol. The summed E-state index contributed by atoms with van der Waals surface area (Å²) in [7, 11) is 1.38. The number of Topliss-reactive ketones (excluding diaryl/α,β-unsaturated/α-hetero) is 1. The van der Waals surface area contributed by atoms with Crippen LogP contribution in [0.2, 0.25) is 5.02 Å². The molecule has 0 unspecified atom stereocenters. The molecular weight excluding hydrogens is 465 g/mol. The number of rotatable bonds is 9. The van der Waals surface area contributed by atoms with Crippen LogP contribution in [0.5, 0.6) is 11.5 Å². The fraction of sp³-hybridized carbons (Fsp3) is 0.160. The largest absolute Gasteiger partial charge is 0.493 e. The standard InChI is InChI=1S/C25H21ClFNO6/c1-15(24(30)16-3-6-18(26)7-4-16)34-25(31)17-5-12-21(22(13-17)32-2)33-14-23(29)28-20-10-8-19(27)9-11-20/h3-13,15H,14H2,1-2H3,(H,28,29)/t15-/m0/s1. The Hall–Kier alpha value is -3.91. The number of methoxy groups -OCH3 is 1. The van der Waals surface area contributed by atoms with E-state index in [-0.39, 0.29) is 29.5 Å². The first-order chi connectivity index (χ1) is 16.3. The number of esters is 1. The molecule has 0 aromatic heterocycles. The van der Waals surface area contributed by atoms with E-state index in [0.29, 0.717) is 16.3 Å². The minimum atomic E-state index is -1.02. The van der Waals surface area contributed by atoms with Gasteiger partial charge in [-0.25, -0.2) is 9.18 Å². The number of benzene rings is 3. The average molecular weight is 486 g/mol. The van der Waals surface area contributed by atoms with Crippen molar-refractivity contribution in [2.45, 2.75) is 13.0 Å². The highest BCUT2D eigenvalue weighted by Gasteiger charge is 2.21. The maximum atomic E-state index is 13.0. The Balaban J connectivity index is 1.60. The molecule has 0 spiro atoms. The normalized spacial score (nSPS) is 11.3. The molecule has 9 heteroatoms. The number of hydrogen-bond donors (Lipinski definition) is 1. The minimum absolute atomic E-state index is 0.135. The van der Waals surface area contributed by atoms with E-state index in [1.54, 1.807) is 24.3 Å². The summed E-state index contributed by atoms with van der Waals surface area (Å²) in [6.07, 6.45) is -1.02. The molecule has 0 saturated carbocycles. The van der Waals surface area contributed by atoms with Gasteiger partial charge in [-0.3, -0.25) is 9.59 Å². The summed E-state index contributed by atoms with van der Waals surface area (Å²) < 4.78 is 29.0. The highest BCUT2D eigenvalue weighted by Crippen LogP contribution is 2.28. The molecule has 3 rings (SSSR count). The van der Waals surface area contributed by atoms with E-state index in [1.165, 1.54) is 56.5 Å². The van der Waals surface area contributed by atoms with Crippen molar-refractivity contribution >= 4 is 34.9 Å². The summed E-state index contributed by atoms with van der Waals surface area (Å²) in [6.45, 7) is 1.13. The van der Waals surface area contributed by atoms with Crippen LogP contribution in [0.3, 0.4) is 0 Å². The molecule has 0 saturated heterocycles. The summed E-state index contributed by atoms with van der Waals surface area (Å²) in [4.78, 5) is 37.1. The van der Waals surface area contributed by atoms with Crippen molar-refractivity contribution in [2.24, 2.45) is 0 Å². The number of anilines is 1. The van der Waals surface area contributed by atoms with Crippen LogP contribution >= 0.6 is 11.6 Å². The van der Waals surface area contributed by atoms with E-state index in [9.17, 15) is 18.8 Å². The lowest BCUT2D eigenvalue weighted by molar-refractivity contribution is -0.118. The van der Waals surface area contributed by atoms with E-state index in [0.717, 1.165) is 0 Å². The second kappa shape index (κ2) is 11.3. The number of amides is 1. The van der Waals surface area contributed by atoms with Crippen LogP contribution < -0.4 is 14.8 Å². The zero-order chi connectivity index (χ0) is 24.7. The second-order valence-electron chi connectivity index (χ2n) is 7.13. The van der Waals surface area contributed by atoms with Crippen LogP contribution in [0.25, 0.3) is 0 Å². The number of ketones is 1. The zero-order valence-corrected chi connectivity index (χ0v) is 19.1. The summed E-state index contributed by atoms with van der Waals surface area (Å²) in [5, 5.41) is 3.06. The Kier molecular flexibility index (Phi) is 8.21. The van der Waals surface area contributed by atoms with Crippen molar-refractivity contribution < 1.29 is 33.0 Å². The fourth-order valence-electron chi connectivity index (χ4n) is 2.92. The Bertz CT molecular complexity index is 1180. The number of carbonyl (C=O) groups excluding carboxylic acids is 3. The van der Waals surface area contributed by atoms with Gasteiger partial charge in [-0.05, 0) is 73.7 Å². The fourth-order valence-corrected chi connectivity index (χ4v) is 3.04. The number of hydrogen-bond acceptors (Lipinski definition) is 6. The summed E-state index contributed by atoms with van der Waals surface area (Å²) in [5.41, 5.74) is 0.919. The molecule has 34 heavy (non-hydrogen) atoms. The van der Waals surface area contributed by atoms with Gasteiger partial charge in [0.15, 0.2) is 24.2 Å². The second-order valence-corrected chi connectivity index (χ2v) is 7.56.